The van der Waals surface area contributed by atoms with Crippen molar-refractivity contribution in [3.05, 3.63) is 0 Å². The molecule has 1 saturated heterocycles. The van der Waals surface area contributed by atoms with Crippen LogP contribution in [-0.2, 0) is 9.47 Å². The van der Waals surface area contributed by atoms with Crippen LogP contribution in [0.5, 0.6) is 0 Å². The van der Waals surface area contributed by atoms with Gasteiger partial charge in [-0.05, 0) is 38.0 Å². The molecule has 0 N–H and O–H groups in total. The SMILES string of the molecule is CCCCCCC1COC([C@]2(C#N)CC[C@@H](CCCCC)CC2)OC1. The normalized spacial score (nSPS) is 33.1. The van der Waals surface area contributed by atoms with E-state index in [1.54, 1.807) is 0 Å². The van der Waals surface area contributed by atoms with E-state index in [4.69, 9.17) is 9.47 Å². The van der Waals surface area contributed by atoms with E-state index in [1.165, 1.54) is 70.6 Å². The second kappa shape index (κ2) is 11.2. The molecule has 3 nitrogen and oxygen atoms in total. The Morgan fingerprint density at radius 3 is 2.00 bits per heavy atom. The molecule has 25 heavy (non-hydrogen) atoms. The summed E-state index contributed by atoms with van der Waals surface area (Å²) in [5.41, 5.74) is -0.394. The first kappa shape index (κ1) is 20.7. The molecular weight excluding hydrogens is 310 g/mol. The Labute approximate surface area is 155 Å². The van der Waals surface area contributed by atoms with Crippen LogP contribution in [0.25, 0.3) is 0 Å². The van der Waals surface area contributed by atoms with E-state index in [0.717, 1.165) is 32.0 Å². The first-order valence-electron chi connectivity index (χ1n) is 10.9. The predicted octanol–water partition coefficient (Wildman–Crippen LogP) is 6.23. The van der Waals surface area contributed by atoms with Crippen LogP contribution >= 0.6 is 0 Å². The van der Waals surface area contributed by atoms with Crippen molar-refractivity contribution in [2.24, 2.45) is 17.3 Å². The van der Waals surface area contributed by atoms with Gasteiger partial charge in [0.05, 0.1) is 19.3 Å². The summed E-state index contributed by atoms with van der Waals surface area (Å²) in [5, 5.41) is 9.85. The number of hydrogen-bond acceptors (Lipinski definition) is 3. The lowest BCUT2D eigenvalue weighted by molar-refractivity contribution is -0.247. The molecule has 0 radical (unpaired) electrons. The fraction of sp³-hybridized carbons (Fsp3) is 0.955. The second-order valence-electron chi connectivity index (χ2n) is 8.42. The maximum Gasteiger partial charge on any atom is 0.176 e. The smallest absolute Gasteiger partial charge is 0.176 e. The Kier molecular flexibility index (Phi) is 9.28. The highest BCUT2D eigenvalue weighted by Crippen LogP contribution is 2.45. The Bertz CT molecular complexity index is 387. The van der Waals surface area contributed by atoms with Crippen molar-refractivity contribution in [3.63, 3.8) is 0 Å². The number of nitriles is 1. The largest absolute Gasteiger partial charge is 0.351 e. The van der Waals surface area contributed by atoms with Crippen molar-refractivity contribution in [1.82, 2.24) is 0 Å². The van der Waals surface area contributed by atoms with Crippen LogP contribution in [0.4, 0.5) is 0 Å². The van der Waals surface area contributed by atoms with Gasteiger partial charge in [-0.3, -0.25) is 0 Å². The Morgan fingerprint density at radius 1 is 0.840 bits per heavy atom. The van der Waals surface area contributed by atoms with Crippen LogP contribution in [0.2, 0.25) is 0 Å². The minimum Gasteiger partial charge on any atom is -0.351 e. The van der Waals surface area contributed by atoms with Crippen LogP contribution in [0.3, 0.4) is 0 Å². The molecule has 2 fully saturated rings. The zero-order chi connectivity index (χ0) is 18.0. The van der Waals surface area contributed by atoms with Crippen molar-refractivity contribution < 1.29 is 9.47 Å². The summed E-state index contributed by atoms with van der Waals surface area (Å²) >= 11 is 0. The molecular formula is C22H39NO2. The monoisotopic (exact) mass is 349 g/mol. The fourth-order valence-corrected chi connectivity index (χ4v) is 4.45. The summed E-state index contributed by atoms with van der Waals surface area (Å²) < 4.78 is 12.1. The summed E-state index contributed by atoms with van der Waals surface area (Å²) in [6.07, 6.45) is 15.7. The molecule has 2 rings (SSSR count). The van der Waals surface area contributed by atoms with E-state index in [9.17, 15) is 5.26 Å². The van der Waals surface area contributed by atoms with E-state index < -0.39 is 5.41 Å². The molecule has 0 spiro atoms. The van der Waals surface area contributed by atoms with Gasteiger partial charge in [0.2, 0.25) is 0 Å². The van der Waals surface area contributed by atoms with Gasteiger partial charge < -0.3 is 9.47 Å². The molecule has 2 aliphatic rings. The first-order valence-corrected chi connectivity index (χ1v) is 10.9. The zero-order valence-corrected chi connectivity index (χ0v) is 16.6. The van der Waals surface area contributed by atoms with Gasteiger partial charge in [0, 0.05) is 5.92 Å². The summed E-state index contributed by atoms with van der Waals surface area (Å²) in [4.78, 5) is 0. The highest BCUT2D eigenvalue weighted by atomic mass is 16.7. The molecule has 0 aromatic carbocycles. The van der Waals surface area contributed by atoms with Gasteiger partial charge in [0.1, 0.15) is 5.41 Å². The molecule has 144 valence electrons. The molecule has 0 bridgehead atoms. The Balaban J connectivity index is 1.72. The topological polar surface area (TPSA) is 42.2 Å². The van der Waals surface area contributed by atoms with Gasteiger partial charge in [0.15, 0.2) is 6.29 Å². The maximum atomic E-state index is 9.85. The number of hydrogen-bond donors (Lipinski definition) is 0. The highest BCUT2D eigenvalue weighted by molar-refractivity contribution is 5.04. The number of ether oxygens (including phenoxy) is 2. The van der Waals surface area contributed by atoms with Crippen LogP contribution in [-0.4, -0.2) is 19.5 Å². The summed E-state index contributed by atoms with van der Waals surface area (Å²) in [5.74, 6) is 1.33. The highest BCUT2D eigenvalue weighted by Gasteiger charge is 2.45. The number of rotatable bonds is 10. The lowest BCUT2D eigenvalue weighted by Gasteiger charge is -2.42. The van der Waals surface area contributed by atoms with Crippen molar-refractivity contribution in [3.8, 4) is 6.07 Å². The van der Waals surface area contributed by atoms with Gasteiger partial charge in [-0.25, -0.2) is 0 Å². The van der Waals surface area contributed by atoms with Crippen molar-refractivity contribution in [2.75, 3.05) is 13.2 Å². The molecule has 0 atom stereocenters. The third-order valence-electron chi connectivity index (χ3n) is 6.32. The first-order chi connectivity index (χ1) is 12.2. The van der Waals surface area contributed by atoms with Gasteiger partial charge >= 0.3 is 0 Å². The molecule has 0 amide bonds. The predicted molar refractivity (Wildman–Crippen MR) is 102 cm³/mol. The minimum absolute atomic E-state index is 0.291. The fourth-order valence-electron chi connectivity index (χ4n) is 4.45. The van der Waals surface area contributed by atoms with E-state index >= 15 is 0 Å². The van der Waals surface area contributed by atoms with Crippen LogP contribution < -0.4 is 0 Å². The molecule has 0 aromatic heterocycles. The molecule has 1 aliphatic carbocycles. The zero-order valence-electron chi connectivity index (χ0n) is 16.6. The lowest BCUT2D eigenvalue weighted by atomic mass is 9.69. The van der Waals surface area contributed by atoms with Crippen molar-refractivity contribution >= 4 is 0 Å². The standard InChI is InChI=1S/C22H39NO2/c1-3-5-7-9-11-20-16-24-21(25-17-20)22(18-23)14-12-19(13-15-22)10-8-6-4-2/h19-21H,3-17H2,1-2H3/t19-,20?,21?,22-. The number of unbranched alkanes of at least 4 members (excludes halogenated alkanes) is 5. The Morgan fingerprint density at radius 2 is 1.40 bits per heavy atom. The van der Waals surface area contributed by atoms with Crippen molar-refractivity contribution in [2.45, 2.75) is 104 Å². The second-order valence-corrected chi connectivity index (χ2v) is 8.42. The van der Waals surface area contributed by atoms with Gasteiger partial charge in [-0.15, -0.1) is 0 Å². The van der Waals surface area contributed by atoms with E-state index in [2.05, 4.69) is 19.9 Å². The summed E-state index contributed by atoms with van der Waals surface area (Å²) in [7, 11) is 0. The molecule has 0 unspecified atom stereocenters. The molecule has 0 aromatic rings. The number of nitrogens with zero attached hydrogens (tertiary/aromatic N) is 1. The van der Waals surface area contributed by atoms with E-state index in [-0.39, 0.29) is 6.29 Å². The summed E-state index contributed by atoms with van der Waals surface area (Å²) in [6.45, 7) is 6.06. The average molecular weight is 350 g/mol. The summed E-state index contributed by atoms with van der Waals surface area (Å²) in [6, 6.07) is 2.60. The maximum absolute atomic E-state index is 9.85. The van der Waals surface area contributed by atoms with Gasteiger partial charge in [0.25, 0.3) is 0 Å². The van der Waals surface area contributed by atoms with Crippen LogP contribution in [0.1, 0.15) is 97.3 Å². The van der Waals surface area contributed by atoms with Crippen LogP contribution in [0, 0.1) is 28.6 Å². The third-order valence-corrected chi connectivity index (χ3v) is 6.32. The molecule has 1 aliphatic heterocycles. The van der Waals surface area contributed by atoms with Crippen LogP contribution in [0.15, 0.2) is 0 Å². The van der Waals surface area contributed by atoms with Crippen molar-refractivity contribution in [1.29, 1.82) is 5.26 Å². The Hall–Kier alpha value is -0.590. The van der Waals surface area contributed by atoms with Gasteiger partial charge in [-0.1, -0.05) is 65.2 Å². The molecule has 1 saturated carbocycles. The minimum atomic E-state index is -0.394. The lowest BCUT2D eigenvalue weighted by Crippen LogP contribution is -2.45. The third kappa shape index (κ3) is 6.26. The molecule has 1 heterocycles. The van der Waals surface area contributed by atoms with Gasteiger partial charge in [-0.2, -0.15) is 5.26 Å². The quantitative estimate of drug-likeness (QED) is 0.439. The molecule has 3 heteroatoms. The van der Waals surface area contributed by atoms with E-state index in [1.807, 2.05) is 0 Å². The average Bonchev–Trinajstić information content (AvgIpc) is 2.67. The van der Waals surface area contributed by atoms with E-state index in [0.29, 0.717) is 5.92 Å².